The molecule has 0 aliphatic carbocycles. The van der Waals surface area contributed by atoms with Gasteiger partial charge in [0.05, 0.1) is 18.6 Å². The summed E-state index contributed by atoms with van der Waals surface area (Å²) in [6, 6.07) is 23.9. The molecule has 0 atom stereocenters. The average molecular weight is 479 g/mol. The second kappa shape index (κ2) is 10.8. The maximum Gasteiger partial charge on any atom is 0.243 e. The largest absolute Gasteiger partial charge is 0.497 e. The summed E-state index contributed by atoms with van der Waals surface area (Å²) in [5, 5.41) is 3.07. The fourth-order valence-electron chi connectivity index (χ4n) is 4.26. The number of sulfonamides is 1. The summed E-state index contributed by atoms with van der Waals surface area (Å²) in [5.41, 5.74) is 2.59. The molecule has 0 radical (unpaired) electrons. The van der Waals surface area contributed by atoms with Crippen molar-refractivity contribution in [1.29, 1.82) is 0 Å². The van der Waals surface area contributed by atoms with E-state index in [4.69, 9.17) is 4.74 Å². The van der Waals surface area contributed by atoms with E-state index < -0.39 is 10.0 Å². The van der Waals surface area contributed by atoms with Gasteiger partial charge in [-0.1, -0.05) is 30.3 Å². The third-order valence-electron chi connectivity index (χ3n) is 6.30. The number of ketones is 1. The lowest BCUT2D eigenvalue weighted by Crippen LogP contribution is -2.38. The van der Waals surface area contributed by atoms with E-state index in [-0.39, 0.29) is 17.2 Å². The Labute approximate surface area is 201 Å². The molecule has 0 amide bonds. The maximum atomic E-state index is 13.1. The van der Waals surface area contributed by atoms with Crippen LogP contribution in [-0.4, -0.2) is 45.3 Å². The zero-order valence-corrected chi connectivity index (χ0v) is 20.1. The van der Waals surface area contributed by atoms with Crippen molar-refractivity contribution in [2.24, 2.45) is 5.92 Å². The molecular formula is C27H30N2O4S. The number of nitrogens with one attached hydrogen (secondary N) is 1. The van der Waals surface area contributed by atoms with E-state index >= 15 is 0 Å². The Hall–Kier alpha value is -3.16. The monoisotopic (exact) mass is 478 g/mol. The minimum atomic E-state index is -3.53. The molecule has 0 spiro atoms. The van der Waals surface area contributed by atoms with Gasteiger partial charge in [-0.25, -0.2) is 8.42 Å². The van der Waals surface area contributed by atoms with Crippen LogP contribution in [0.1, 0.15) is 28.8 Å². The minimum absolute atomic E-state index is 0.0577. The predicted octanol–water partition coefficient (Wildman–Crippen LogP) is 4.63. The highest BCUT2D eigenvalue weighted by atomic mass is 32.2. The zero-order valence-electron chi connectivity index (χ0n) is 19.3. The van der Waals surface area contributed by atoms with Crippen LogP contribution in [0.25, 0.3) is 0 Å². The van der Waals surface area contributed by atoms with E-state index in [1.807, 2.05) is 18.2 Å². The number of methoxy groups -OCH3 is 1. The second-order valence-corrected chi connectivity index (χ2v) is 10.5. The van der Waals surface area contributed by atoms with Gasteiger partial charge in [-0.3, -0.25) is 4.79 Å². The highest BCUT2D eigenvalue weighted by Crippen LogP contribution is 2.27. The number of rotatable bonds is 9. The summed E-state index contributed by atoms with van der Waals surface area (Å²) >= 11 is 0. The van der Waals surface area contributed by atoms with Crippen molar-refractivity contribution in [1.82, 2.24) is 4.31 Å². The number of anilines is 1. The van der Waals surface area contributed by atoms with Crippen molar-refractivity contribution in [2.75, 3.05) is 32.1 Å². The number of piperidine rings is 1. The van der Waals surface area contributed by atoms with Crippen LogP contribution in [0.2, 0.25) is 0 Å². The smallest absolute Gasteiger partial charge is 0.243 e. The summed E-state index contributed by atoms with van der Waals surface area (Å²) in [6.45, 7) is 1.19. The second-order valence-electron chi connectivity index (χ2n) is 8.57. The van der Waals surface area contributed by atoms with Crippen LogP contribution in [0.4, 0.5) is 5.69 Å². The van der Waals surface area contributed by atoms with Gasteiger partial charge in [0, 0.05) is 24.3 Å². The molecule has 1 saturated heterocycles. The van der Waals surface area contributed by atoms with Gasteiger partial charge < -0.3 is 10.1 Å². The number of ether oxygens (including phenoxy) is 1. The Bertz CT molecular complexity index is 1190. The molecule has 1 fully saturated rings. The van der Waals surface area contributed by atoms with Crippen LogP contribution in [0.5, 0.6) is 5.75 Å². The first-order valence-corrected chi connectivity index (χ1v) is 12.9. The fraction of sp³-hybridized carbons (Fsp3) is 0.296. The van der Waals surface area contributed by atoms with E-state index in [1.165, 1.54) is 5.56 Å². The average Bonchev–Trinajstić information content (AvgIpc) is 2.88. The molecule has 0 bridgehead atoms. The quantitative estimate of drug-likeness (QED) is 0.454. The van der Waals surface area contributed by atoms with Crippen LogP contribution in [0.3, 0.4) is 0 Å². The first-order valence-electron chi connectivity index (χ1n) is 11.5. The number of hydrogen-bond donors (Lipinski definition) is 1. The molecule has 7 heteroatoms. The lowest BCUT2D eigenvalue weighted by Gasteiger charge is -2.31. The third-order valence-corrected chi connectivity index (χ3v) is 8.21. The maximum absolute atomic E-state index is 13.1. The number of carbonyl (C=O) groups excluding carboxylic acids is 1. The Balaban J connectivity index is 1.30. The van der Waals surface area contributed by atoms with Gasteiger partial charge >= 0.3 is 0 Å². The standard InChI is InChI=1S/C27H30N2O4S/c1-33-25-11-7-23(8-12-25)27(30)20-28-24-9-13-26(14-10-24)34(31,32)29-17-15-22(16-18-29)19-21-5-3-2-4-6-21/h2-14,22,28H,15-20H2,1H3. The molecule has 34 heavy (non-hydrogen) atoms. The van der Waals surface area contributed by atoms with Crippen molar-refractivity contribution in [3.05, 3.63) is 90.0 Å². The van der Waals surface area contributed by atoms with Crippen LogP contribution in [0.15, 0.2) is 83.8 Å². The molecule has 0 aromatic heterocycles. The van der Waals surface area contributed by atoms with Crippen molar-refractivity contribution in [3.63, 3.8) is 0 Å². The molecule has 0 saturated carbocycles. The van der Waals surface area contributed by atoms with Gasteiger partial charge in [0.25, 0.3) is 0 Å². The number of nitrogens with zero attached hydrogens (tertiary/aromatic N) is 1. The summed E-state index contributed by atoms with van der Waals surface area (Å²) in [6.07, 6.45) is 2.72. The van der Waals surface area contributed by atoms with Gasteiger partial charge in [-0.05, 0) is 79.3 Å². The first-order chi connectivity index (χ1) is 16.5. The fourth-order valence-corrected chi connectivity index (χ4v) is 5.73. The molecule has 0 unspecified atom stereocenters. The van der Waals surface area contributed by atoms with E-state index in [9.17, 15) is 13.2 Å². The molecule has 6 nitrogen and oxygen atoms in total. The highest BCUT2D eigenvalue weighted by molar-refractivity contribution is 7.89. The predicted molar refractivity (Wildman–Crippen MR) is 134 cm³/mol. The topological polar surface area (TPSA) is 75.7 Å². The molecule has 4 rings (SSSR count). The van der Waals surface area contributed by atoms with E-state index in [1.54, 1.807) is 59.9 Å². The summed E-state index contributed by atoms with van der Waals surface area (Å²) < 4.78 is 32.9. The summed E-state index contributed by atoms with van der Waals surface area (Å²) in [4.78, 5) is 12.7. The Morgan fingerprint density at radius 1 is 0.941 bits per heavy atom. The lowest BCUT2D eigenvalue weighted by atomic mass is 9.91. The zero-order chi connectivity index (χ0) is 24.0. The summed E-state index contributed by atoms with van der Waals surface area (Å²) in [5.74, 6) is 1.14. The molecule has 3 aromatic rings. The van der Waals surface area contributed by atoms with Crippen molar-refractivity contribution < 1.29 is 17.9 Å². The third kappa shape index (κ3) is 5.85. The summed E-state index contributed by atoms with van der Waals surface area (Å²) in [7, 11) is -1.95. The Kier molecular flexibility index (Phi) is 7.65. The number of benzene rings is 3. The van der Waals surface area contributed by atoms with E-state index in [0.717, 1.165) is 19.3 Å². The molecule has 1 aliphatic rings. The molecular weight excluding hydrogens is 448 g/mol. The molecule has 1 heterocycles. The van der Waals surface area contributed by atoms with Gasteiger partial charge in [-0.15, -0.1) is 0 Å². The van der Waals surface area contributed by atoms with Crippen LogP contribution in [-0.2, 0) is 16.4 Å². The molecule has 178 valence electrons. The number of Topliss-reactive ketones (excluding diaryl/α,β-unsaturated/α-hetero) is 1. The molecule has 1 N–H and O–H groups in total. The molecule has 1 aliphatic heterocycles. The van der Waals surface area contributed by atoms with Crippen molar-refractivity contribution in [2.45, 2.75) is 24.2 Å². The Morgan fingerprint density at radius 3 is 2.21 bits per heavy atom. The van der Waals surface area contributed by atoms with Gasteiger partial charge in [0.15, 0.2) is 5.78 Å². The van der Waals surface area contributed by atoms with Crippen molar-refractivity contribution in [3.8, 4) is 5.75 Å². The lowest BCUT2D eigenvalue weighted by molar-refractivity contribution is 0.101. The normalized spacial score (nSPS) is 15.1. The van der Waals surface area contributed by atoms with Gasteiger partial charge in [0.1, 0.15) is 5.75 Å². The number of carbonyl (C=O) groups is 1. The number of hydrogen-bond acceptors (Lipinski definition) is 5. The van der Waals surface area contributed by atoms with Crippen LogP contribution >= 0.6 is 0 Å². The van der Waals surface area contributed by atoms with Crippen LogP contribution < -0.4 is 10.1 Å². The minimum Gasteiger partial charge on any atom is -0.497 e. The first kappa shape index (κ1) is 24.0. The highest BCUT2D eigenvalue weighted by Gasteiger charge is 2.29. The van der Waals surface area contributed by atoms with Crippen LogP contribution in [0, 0.1) is 5.92 Å². The van der Waals surface area contributed by atoms with Gasteiger partial charge in [0.2, 0.25) is 10.0 Å². The van der Waals surface area contributed by atoms with Gasteiger partial charge in [-0.2, -0.15) is 4.31 Å². The van der Waals surface area contributed by atoms with E-state index in [2.05, 4.69) is 17.4 Å². The SMILES string of the molecule is COc1ccc(C(=O)CNc2ccc(S(=O)(=O)N3CCC(Cc4ccccc4)CC3)cc2)cc1. The van der Waals surface area contributed by atoms with E-state index in [0.29, 0.717) is 36.0 Å². The Morgan fingerprint density at radius 2 is 1.59 bits per heavy atom. The van der Waals surface area contributed by atoms with Crippen molar-refractivity contribution >= 4 is 21.5 Å². The molecule has 3 aromatic carbocycles.